The minimum Gasteiger partial charge on any atom is -0.459 e. The molecule has 0 radical (unpaired) electrons. The number of fused-ring (bicyclic) bond motifs is 1. The number of hydrogen-bond donors (Lipinski definition) is 2. The zero-order valence-electron chi connectivity index (χ0n) is 13.4. The Morgan fingerprint density at radius 3 is 2.72 bits per heavy atom. The summed E-state index contributed by atoms with van der Waals surface area (Å²) in [7, 11) is 0. The van der Waals surface area contributed by atoms with E-state index in [-0.39, 0.29) is 11.4 Å². The maximum atomic E-state index is 9.91. The van der Waals surface area contributed by atoms with Crippen LogP contribution in [0, 0.1) is 28.6 Å². The summed E-state index contributed by atoms with van der Waals surface area (Å²) in [5, 5.41) is 22.8. The largest absolute Gasteiger partial charge is 0.459 e. The average Bonchev–Trinajstić information content (AvgIpc) is 3.01. The Hall–Kier alpha value is -3.23. The molecule has 3 heterocycles. The molecule has 1 saturated heterocycles. The summed E-state index contributed by atoms with van der Waals surface area (Å²) in [6.07, 6.45) is 0. The number of ether oxygens (including phenoxy) is 2. The molecule has 0 amide bonds. The van der Waals surface area contributed by atoms with E-state index in [1.54, 1.807) is 6.07 Å². The van der Waals surface area contributed by atoms with Gasteiger partial charge in [0, 0.05) is 13.1 Å². The zero-order valence-corrected chi connectivity index (χ0v) is 13.4. The molecule has 8 heteroatoms. The van der Waals surface area contributed by atoms with Gasteiger partial charge in [0.2, 0.25) is 5.72 Å². The number of benzene rings is 1. The summed E-state index contributed by atoms with van der Waals surface area (Å²) in [6, 6.07) is 11.7. The lowest BCUT2D eigenvalue weighted by molar-refractivity contribution is 0.0611. The maximum Gasteiger partial charge on any atom is 0.243 e. The maximum absolute atomic E-state index is 9.91. The Kier molecular flexibility index (Phi) is 3.48. The SMILES string of the molecule is N#CC1=C(N)N=C(N2CCOCC2)C(C#N)C12Nc1ccccc1O2. The second kappa shape index (κ2) is 5.69. The second-order valence-electron chi connectivity index (χ2n) is 5.96. The van der Waals surface area contributed by atoms with Crippen molar-refractivity contribution in [2.75, 3.05) is 31.6 Å². The predicted molar refractivity (Wildman–Crippen MR) is 89.2 cm³/mol. The van der Waals surface area contributed by atoms with E-state index in [4.69, 9.17) is 15.2 Å². The molecule has 3 N–H and O–H groups in total. The Balaban J connectivity index is 1.83. The third kappa shape index (κ3) is 2.19. The molecule has 0 aliphatic carbocycles. The molecule has 2 atom stereocenters. The summed E-state index contributed by atoms with van der Waals surface area (Å²) in [6.45, 7) is 2.31. The van der Waals surface area contributed by atoms with Crippen LogP contribution in [-0.4, -0.2) is 42.8 Å². The molecule has 3 aliphatic rings. The van der Waals surface area contributed by atoms with E-state index < -0.39 is 11.6 Å². The first-order chi connectivity index (χ1) is 12.2. The first-order valence-corrected chi connectivity index (χ1v) is 7.97. The van der Waals surface area contributed by atoms with Gasteiger partial charge in [-0.15, -0.1) is 0 Å². The number of hydrogen-bond acceptors (Lipinski definition) is 8. The quantitative estimate of drug-likeness (QED) is 0.718. The molecule has 126 valence electrons. The van der Waals surface area contributed by atoms with Gasteiger partial charge in [0.25, 0.3) is 0 Å². The van der Waals surface area contributed by atoms with E-state index in [1.165, 1.54) is 0 Å². The van der Waals surface area contributed by atoms with Crippen molar-refractivity contribution in [3.63, 3.8) is 0 Å². The van der Waals surface area contributed by atoms with Crippen LogP contribution in [-0.2, 0) is 4.74 Å². The number of nitrogens with zero attached hydrogens (tertiary/aromatic N) is 4. The first kappa shape index (κ1) is 15.3. The lowest BCUT2D eigenvalue weighted by atomic mass is 9.86. The highest BCUT2D eigenvalue weighted by Gasteiger charge is 2.56. The first-order valence-electron chi connectivity index (χ1n) is 7.97. The van der Waals surface area contributed by atoms with Gasteiger partial charge >= 0.3 is 0 Å². The predicted octanol–water partition coefficient (Wildman–Crippen LogP) is 0.765. The average molecular weight is 336 g/mol. The number of nitrogens with one attached hydrogen (secondary N) is 1. The van der Waals surface area contributed by atoms with Crippen molar-refractivity contribution >= 4 is 11.5 Å². The van der Waals surface area contributed by atoms with Crippen LogP contribution in [0.3, 0.4) is 0 Å². The Morgan fingerprint density at radius 1 is 1.28 bits per heavy atom. The lowest BCUT2D eigenvalue weighted by Gasteiger charge is -2.40. The molecular formula is C17H16N6O2. The van der Waals surface area contributed by atoms with E-state index in [0.717, 1.165) is 0 Å². The van der Waals surface area contributed by atoms with Gasteiger partial charge < -0.3 is 25.4 Å². The van der Waals surface area contributed by atoms with Gasteiger partial charge in [-0.05, 0) is 12.1 Å². The van der Waals surface area contributed by atoms with E-state index in [1.807, 2.05) is 23.1 Å². The monoisotopic (exact) mass is 336 g/mol. The number of rotatable bonds is 0. The molecule has 0 saturated carbocycles. The number of morpholine rings is 1. The van der Waals surface area contributed by atoms with Crippen molar-refractivity contribution in [3.05, 3.63) is 35.7 Å². The van der Waals surface area contributed by atoms with Crippen molar-refractivity contribution in [1.29, 1.82) is 10.5 Å². The van der Waals surface area contributed by atoms with Crippen LogP contribution in [0.2, 0.25) is 0 Å². The van der Waals surface area contributed by atoms with Crippen molar-refractivity contribution in [2.24, 2.45) is 16.6 Å². The van der Waals surface area contributed by atoms with Gasteiger partial charge in [-0.2, -0.15) is 10.5 Å². The summed E-state index contributed by atoms with van der Waals surface area (Å²) < 4.78 is 11.5. The number of para-hydroxylation sites is 2. The van der Waals surface area contributed by atoms with Gasteiger partial charge in [0.05, 0.1) is 25.0 Å². The number of amidine groups is 1. The number of anilines is 1. The van der Waals surface area contributed by atoms with E-state index >= 15 is 0 Å². The Morgan fingerprint density at radius 2 is 2.04 bits per heavy atom. The van der Waals surface area contributed by atoms with E-state index in [2.05, 4.69) is 22.4 Å². The van der Waals surface area contributed by atoms with Crippen molar-refractivity contribution in [3.8, 4) is 17.9 Å². The van der Waals surface area contributed by atoms with Crippen LogP contribution in [0.1, 0.15) is 0 Å². The smallest absolute Gasteiger partial charge is 0.243 e. The topological polar surface area (TPSA) is 120 Å². The van der Waals surface area contributed by atoms with Crippen LogP contribution in [0.5, 0.6) is 5.75 Å². The fraction of sp³-hybridized carbons (Fsp3) is 0.353. The molecule has 1 aromatic rings. The molecule has 25 heavy (non-hydrogen) atoms. The van der Waals surface area contributed by atoms with Gasteiger partial charge in [0.1, 0.15) is 29.0 Å². The van der Waals surface area contributed by atoms with Crippen molar-refractivity contribution in [1.82, 2.24) is 4.90 Å². The summed E-state index contributed by atoms with van der Waals surface area (Å²) in [5.41, 5.74) is 5.54. The number of nitriles is 2. The highest BCUT2D eigenvalue weighted by Crippen LogP contribution is 2.46. The van der Waals surface area contributed by atoms with Crippen LogP contribution in [0.4, 0.5) is 5.69 Å². The minimum atomic E-state index is -1.37. The highest BCUT2D eigenvalue weighted by atomic mass is 16.5. The van der Waals surface area contributed by atoms with E-state index in [0.29, 0.717) is 43.6 Å². The molecule has 1 fully saturated rings. The van der Waals surface area contributed by atoms with Gasteiger partial charge in [-0.1, -0.05) is 12.1 Å². The van der Waals surface area contributed by atoms with Crippen LogP contribution in [0.15, 0.2) is 40.7 Å². The highest BCUT2D eigenvalue weighted by molar-refractivity contribution is 5.92. The molecule has 4 rings (SSSR count). The molecule has 1 aromatic carbocycles. The third-order valence-corrected chi connectivity index (χ3v) is 4.58. The van der Waals surface area contributed by atoms with Crippen molar-refractivity contribution in [2.45, 2.75) is 5.72 Å². The van der Waals surface area contributed by atoms with Crippen LogP contribution < -0.4 is 15.8 Å². The minimum absolute atomic E-state index is 0.0656. The summed E-state index contributed by atoms with van der Waals surface area (Å²) in [4.78, 5) is 6.34. The van der Waals surface area contributed by atoms with Crippen LogP contribution >= 0.6 is 0 Å². The molecular weight excluding hydrogens is 320 g/mol. The number of nitrogens with two attached hydrogens (primary N) is 1. The fourth-order valence-electron chi connectivity index (χ4n) is 3.40. The van der Waals surface area contributed by atoms with Gasteiger partial charge in [0.15, 0.2) is 5.92 Å². The molecule has 0 bridgehead atoms. The standard InChI is InChI=1S/C17H16N6O2/c18-9-11-15(20)21-16(23-5-7-24-8-6-23)12(10-19)17(11)22-13-3-1-2-4-14(13)25-17/h1-4,12,22H,5-8,20H2. The summed E-state index contributed by atoms with van der Waals surface area (Å²) >= 11 is 0. The van der Waals surface area contributed by atoms with Gasteiger partial charge in [-0.3, -0.25) is 0 Å². The molecule has 3 aliphatic heterocycles. The van der Waals surface area contributed by atoms with Crippen molar-refractivity contribution < 1.29 is 9.47 Å². The summed E-state index contributed by atoms with van der Waals surface area (Å²) in [5.74, 6) is 0.324. The third-order valence-electron chi connectivity index (χ3n) is 4.58. The lowest BCUT2D eigenvalue weighted by Crippen LogP contribution is -2.59. The molecule has 1 spiro atoms. The molecule has 0 aromatic heterocycles. The molecule has 2 unspecified atom stereocenters. The fourth-order valence-corrected chi connectivity index (χ4v) is 3.40. The second-order valence-corrected chi connectivity index (χ2v) is 5.96. The Bertz CT molecular complexity index is 832. The van der Waals surface area contributed by atoms with Crippen LogP contribution in [0.25, 0.3) is 0 Å². The zero-order chi connectivity index (χ0) is 17.4. The Labute approximate surface area is 144 Å². The number of aliphatic imine (C=N–C) groups is 1. The van der Waals surface area contributed by atoms with E-state index in [9.17, 15) is 10.5 Å². The van der Waals surface area contributed by atoms with Gasteiger partial charge in [-0.25, -0.2) is 4.99 Å². The molecule has 8 nitrogen and oxygen atoms in total. The normalized spacial score (nSPS) is 27.7.